The van der Waals surface area contributed by atoms with Gasteiger partial charge in [-0.1, -0.05) is 168 Å². The van der Waals surface area contributed by atoms with E-state index in [1.54, 1.807) is 21.3 Å². The molecule has 0 radical (unpaired) electrons. The van der Waals surface area contributed by atoms with E-state index in [0.29, 0.717) is 0 Å². The van der Waals surface area contributed by atoms with Crippen molar-refractivity contribution >= 4 is 8.80 Å². The van der Waals surface area contributed by atoms with Crippen LogP contribution in [-0.4, -0.2) is 61.3 Å². The smallest absolute Gasteiger partial charge is 0.500 e. The van der Waals surface area contributed by atoms with E-state index in [2.05, 4.69) is 20.9 Å². The molecule has 0 atom stereocenters. The van der Waals surface area contributed by atoms with Crippen LogP contribution in [0.3, 0.4) is 0 Å². The van der Waals surface area contributed by atoms with Crippen LogP contribution in [0.25, 0.3) is 0 Å². The first-order valence-corrected chi connectivity index (χ1v) is 21.9. The number of rotatable bonds is 37. The third-order valence-electron chi connectivity index (χ3n) is 10.2. The molecule has 0 aromatic heterocycles. The van der Waals surface area contributed by atoms with Crippen LogP contribution >= 0.6 is 0 Å². The van der Waals surface area contributed by atoms with Gasteiger partial charge in [0.1, 0.15) is 0 Å². The maximum atomic E-state index is 5.71. The zero-order valence-electron chi connectivity index (χ0n) is 31.9. The van der Waals surface area contributed by atoms with Crippen LogP contribution < -0.4 is 12.4 Å². The molecule has 0 saturated carbocycles. The minimum Gasteiger partial charge on any atom is -1.00 e. The van der Waals surface area contributed by atoms with Gasteiger partial charge >= 0.3 is 8.80 Å². The molecule has 274 valence electrons. The van der Waals surface area contributed by atoms with Crippen molar-refractivity contribution in [3.63, 3.8) is 0 Å². The van der Waals surface area contributed by atoms with Crippen LogP contribution in [0.5, 0.6) is 0 Å². The van der Waals surface area contributed by atoms with Gasteiger partial charge in [-0.2, -0.15) is 0 Å². The summed E-state index contributed by atoms with van der Waals surface area (Å²) in [5.41, 5.74) is 0. The molecule has 0 unspecified atom stereocenters. The largest absolute Gasteiger partial charge is 1.00 e. The lowest BCUT2D eigenvalue weighted by molar-refractivity contribution is -0.910. The number of quaternary nitrogens is 1. The molecule has 0 fully saturated rings. The third-order valence-corrected chi connectivity index (χ3v) is 13.0. The molecule has 6 heteroatoms. The van der Waals surface area contributed by atoms with Crippen LogP contribution in [0.15, 0.2) is 0 Å². The Labute approximate surface area is 292 Å². The van der Waals surface area contributed by atoms with Crippen molar-refractivity contribution in [3.05, 3.63) is 0 Å². The Balaban J connectivity index is 0. The highest BCUT2D eigenvalue weighted by atomic mass is 35.5. The Kier molecular flexibility index (Phi) is 37.6. The molecule has 0 amide bonds. The lowest BCUT2D eigenvalue weighted by Crippen LogP contribution is -3.00. The van der Waals surface area contributed by atoms with E-state index in [-0.39, 0.29) is 12.4 Å². The predicted octanol–water partition coefficient (Wildman–Crippen LogP) is 9.67. The van der Waals surface area contributed by atoms with Crippen molar-refractivity contribution in [1.29, 1.82) is 0 Å². The minimum atomic E-state index is -2.47. The molecule has 0 N–H and O–H groups in total. The molecular weight excluding hydrogens is 594 g/mol. The summed E-state index contributed by atoms with van der Waals surface area (Å²) in [4.78, 5) is 0. The molecule has 0 rings (SSSR count). The number of unbranched alkanes of at least 4 members (excludes halogenated alkanes) is 26. The average Bonchev–Trinajstić information content (AvgIpc) is 3.04. The van der Waals surface area contributed by atoms with Gasteiger partial charge in [0.15, 0.2) is 0 Å². The zero-order valence-corrected chi connectivity index (χ0v) is 33.6. The summed E-state index contributed by atoms with van der Waals surface area (Å²) >= 11 is 0. The SMILES string of the molecule is CCCCCCCCCCCCCCCC[N+](C)(CCCCCCCCCCCCCCCC)CCC[Si](OC)(OC)OC.[Cl-]. The van der Waals surface area contributed by atoms with Crippen LogP contribution in [0.4, 0.5) is 0 Å². The molecule has 0 aliphatic rings. The van der Waals surface area contributed by atoms with E-state index in [1.807, 2.05) is 0 Å². The first-order valence-electron chi connectivity index (χ1n) is 20.0. The second-order valence-corrected chi connectivity index (χ2v) is 17.5. The van der Waals surface area contributed by atoms with Crippen molar-refractivity contribution in [2.24, 2.45) is 0 Å². The van der Waals surface area contributed by atoms with E-state index < -0.39 is 8.80 Å². The minimum absolute atomic E-state index is 0. The fourth-order valence-electron chi connectivity index (χ4n) is 6.95. The summed E-state index contributed by atoms with van der Waals surface area (Å²) < 4.78 is 18.3. The topological polar surface area (TPSA) is 27.7 Å². The quantitative estimate of drug-likeness (QED) is 0.0372. The fraction of sp³-hybridized carbons (Fsp3) is 1.00. The lowest BCUT2D eigenvalue weighted by Gasteiger charge is -2.36. The van der Waals surface area contributed by atoms with E-state index in [1.165, 1.54) is 204 Å². The molecule has 0 aromatic rings. The van der Waals surface area contributed by atoms with E-state index in [9.17, 15) is 0 Å². The van der Waals surface area contributed by atoms with Gasteiger partial charge in [-0.25, -0.2) is 0 Å². The molecule has 0 heterocycles. The van der Waals surface area contributed by atoms with Gasteiger partial charge in [-0.15, -0.1) is 0 Å². The fourth-order valence-corrected chi connectivity index (χ4v) is 8.65. The highest BCUT2D eigenvalue weighted by molar-refractivity contribution is 6.60. The van der Waals surface area contributed by atoms with Crippen molar-refractivity contribution in [2.75, 3.05) is 48.0 Å². The summed E-state index contributed by atoms with van der Waals surface area (Å²) in [5, 5.41) is 0. The molecule has 0 bridgehead atoms. The Morgan fingerprint density at radius 1 is 0.356 bits per heavy atom. The van der Waals surface area contributed by atoms with Crippen molar-refractivity contribution < 1.29 is 30.2 Å². The third kappa shape index (κ3) is 30.2. The molecular formula is C39H84ClNO3Si. The summed E-state index contributed by atoms with van der Waals surface area (Å²) in [5.74, 6) is 0. The standard InChI is InChI=1S/C39H84NO3Si.ClH/c1-7-9-11-13-15-17-19-21-23-25-27-29-31-33-36-40(3,38-35-39-44(41-4,42-5)43-6)37-34-32-30-28-26-24-22-20-18-16-14-12-10-8-2;/h7-39H2,1-6H3;1H/q+1;/p-1. The maximum Gasteiger partial charge on any atom is 0.500 e. The molecule has 0 aromatic carbocycles. The summed E-state index contributed by atoms with van der Waals surface area (Å²) in [6, 6.07) is 0.918. The Morgan fingerprint density at radius 3 is 0.822 bits per heavy atom. The van der Waals surface area contributed by atoms with E-state index in [4.69, 9.17) is 13.3 Å². The molecule has 45 heavy (non-hydrogen) atoms. The first-order chi connectivity index (χ1) is 21.5. The van der Waals surface area contributed by atoms with Gasteiger partial charge in [0.25, 0.3) is 0 Å². The number of halogens is 1. The van der Waals surface area contributed by atoms with Crippen LogP contribution in [0.2, 0.25) is 6.04 Å². The van der Waals surface area contributed by atoms with Gasteiger partial charge in [0.2, 0.25) is 0 Å². The monoisotopic (exact) mass is 678 g/mol. The highest BCUT2D eigenvalue weighted by Gasteiger charge is 2.38. The van der Waals surface area contributed by atoms with Crippen LogP contribution in [0.1, 0.15) is 200 Å². The number of hydrogen-bond acceptors (Lipinski definition) is 3. The Hall–Kier alpha value is 0.347. The highest BCUT2D eigenvalue weighted by Crippen LogP contribution is 2.20. The van der Waals surface area contributed by atoms with Crippen molar-refractivity contribution in [1.82, 2.24) is 0 Å². The first kappa shape index (κ1) is 47.5. The number of hydrogen-bond donors (Lipinski definition) is 0. The zero-order chi connectivity index (χ0) is 32.5. The van der Waals surface area contributed by atoms with Gasteiger partial charge in [-0.05, 0) is 25.7 Å². The Morgan fingerprint density at radius 2 is 0.578 bits per heavy atom. The van der Waals surface area contributed by atoms with E-state index >= 15 is 0 Å². The summed E-state index contributed by atoms with van der Waals surface area (Å²) in [7, 11) is 5.28. The second-order valence-electron chi connectivity index (χ2n) is 14.4. The summed E-state index contributed by atoms with van der Waals surface area (Å²) in [6.45, 7) is 8.45. The molecule has 0 saturated heterocycles. The second kappa shape index (κ2) is 35.6. The summed E-state index contributed by atoms with van der Waals surface area (Å²) in [6.07, 6.45) is 41.2. The lowest BCUT2D eigenvalue weighted by atomic mass is 10.0. The van der Waals surface area contributed by atoms with Crippen LogP contribution in [-0.2, 0) is 13.3 Å². The Bertz CT molecular complexity index is 524. The normalized spacial score (nSPS) is 12.1. The number of nitrogens with zero attached hydrogens (tertiary/aromatic N) is 1. The van der Waals surface area contributed by atoms with Crippen molar-refractivity contribution in [2.45, 2.75) is 206 Å². The maximum absolute atomic E-state index is 5.71. The molecule has 0 aliphatic carbocycles. The van der Waals surface area contributed by atoms with Crippen LogP contribution in [0, 0.1) is 0 Å². The van der Waals surface area contributed by atoms with Crippen molar-refractivity contribution in [3.8, 4) is 0 Å². The van der Waals surface area contributed by atoms with Gasteiger partial charge in [0.05, 0.1) is 26.7 Å². The predicted molar refractivity (Wildman–Crippen MR) is 198 cm³/mol. The molecule has 0 aliphatic heterocycles. The average molecular weight is 679 g/mol. The van der Waals surface area contributed by atoms with Gasteiger partial charge in [0, 0.05) is 33.8 Å². The molecule has 0 spiro atoms. The van der Waals surface area contributed by atoms with Gasteiger partial charge < -0.3 is 30.2 Å². The molecule has 4 nitrogen and oxygen atoms in total. The van der Waals surface area contributed by atoms with E-state index in [0.717, 1.165) is 12.5 Å². The van der Waals surface area contributed by atoms with Gasteiger partial charge in [-0.3, -0.25) is 0 Å².